The molecule has 13 heteroatoms. The molecule has 48 heavy (non-hydrogen) atoms. The molecule has 1 N–H and O–H groups in total. The van der Waals surface area contributed by atoms with Crippen molar-refractivity contribution in [2.45, 2.75) is 23.9 Å². The van der Waals surface area contributed by atoms with Crippen LogP contribution in [-0.2, 0) is 32.6 Å². The summed E-state index contributed by atoms with van der Waals surface area (Å²) in [4.78, 5) is 29.3. The molecule has 11 nitrogen and oxygen atoms in total. The Balaban J connectivity index is 1.88. The van der Waals surface area contributed by atoms with Crippen molar-refractivity contribution >= 4 is 43.5 Å². The molecule has 0 aliphatic heterocycles. The second kappa shape index (κ2) is 16.4. The van der Waals surface area contributed by atoms with Gasteiger partial charge in [0.25, 0.3) is 10.0 Å². The molecule has 1 atom stereocenters. The summed E-state index contributed by atoms with van der Waals surface area (Å²) in [6.07, 6.45) is 0.188. The van der Waals surface area contributed by atoms with Crippen LogP contribution in [0.2, 0.25) is 0 Å². The maximum atomic E-state index is 14.6. The fraction of sp³-hybridized carbons (Fsp3) is 0.257. The molecule has 0 spiro atoms. The summed E-state index contributed by atoms with van der Waals surface area (Å²) in [5, 5.41) is 2.68. The van der Waals surface area contributed by atoms with Gasteiger partial charge in [0.15, 0.2) is 11.5 Å². The molecule has 4 aromatic carbocycles. The number of hydrogen-bond donors (Lipinski definition) is 1. The fourth-order valence-electron chi connectivity index (χ4n) is 5.12. The van der Waals surface area contributed by atoms with E-state index in [0.717, 1.165) is 19.9 Å². The van der Waals surface area contributed by atoms with Crippen molar-refractivity contribution in [3.05, 3.63) is 107 Å². The summed E-state index contributed by atoms with van der Waals surface area (Å²) >= 11 is 3.44. The van der Waals surface area contributed by atoms with Crippen LogP contribution in [0.3, 0.4) is 0 Å². The fourth-order valence-corrected chi connectivity index (χ4v) is 6.81. The molecule has 2 amide bonds. The van der Waals surface area contributed by atoms with Crippen LogP contribution in [0.1, 0.15) is 11.1 Å². The Morgan fingerprint density at radius 2 is 1.42 bits per heavy atom. The molecule has 0 aromatic heterocycles. The van der Waals surface area contributed by atoms with Gasteiger partial charge in [-0.1, -0.05) is 58.4 Å². The summed E-state index contributed by atoms with van der Waals surface area (Å²) < 4.78 is 52.6. The van der Waals surface area contributed by atoms with Gasteiger partial charge in [-0.25, -0.2) is 8.42 Å². The predicted molar refractivity (Wildman–Crippen MR) is 186 cm³/mol. The second-order valence-corrected chi connectivity index (χ2v) is 13.3. The largest absolute Gasteiger partial charge is 0.497 e. The molecule has 0 bridgehead atoms. The van der Waals surface area contributed by atoms with Crippen molar-refractivity contribution in [1.29, 1.82) is 0 Å². The monoisotopic (exact) mass is 739 g/mol. The zero-order valence-corrected chi connectivity index (χ0v) is 29.7. The molecule has 0 saturated carbocycles. The number of nitrogens with zero attached hydrogens (tertiary/aromatic N) is 2. The zero-order valence-electron chi connectivity index (χ0n) is 27.3. The van der Waals surface area contributed by atoms with E-state index < -0.39 is 34.4 Å². The molecule has 4 aromatic rings. The highest BCUT2D eigenvalue weighted by molar-refractivity contribution is 9.10. The topological polar surface area (TPSA) is 124 Å². The van der Waals surface area contributed by atoms with E-state index >= 15 is 0 Å². The molecule has 0 unspecified atom stereocenters. The lowest BCUT2D eigenvalue weighted by molar-refractivity contribution is -0.139. The van der Waals surface area contributed by atoms with Crippen molar-refractivity contribution in [3.63, 3.8) is 0 Å². The van der Waals surface area contributed by atoms with Crippen LogP contribution < -0.4 is 28.6 Å². The maximum Gasteiger partial charge on any atom is 0.265 e. The number of rotatable bonds is 15. The van der Waals surface area contributed by atoms with Crippen LogP contribution in [0, 0.1) is 0 Å². The number of halogens is 1. The minimum Gasteiger partial charge on any atom is -0.497 e. The standard InChI is InChI=1S/C35H38BrN3O8S/c1-37-35(41)30(19-24-9-7-6-8-10-24)38(22-25-11-13-26(36)14-12-25)34(40)23-39(29-20-27(44-2)15-17-31(29)45-3)48(42,43)28-16-18-32(46-4)33(21-28)47-5/h6-18,20-21,30H,19,22-23H2,1-5H3,(H,37,41)/t30-/m1/s1. The molecule has 0 radical (unpaired) electrons. The van der Waals surface area contributed by atoms with E-state index in [-0.39, 0.29) is 35.0 Å². The molecule has 254 valence electrons. The molecule has 0 aliphatic carbocycles. The number of amides is 2. The van der Waals surface area contributed by atoms with Crippen LogP contribution in [0.15, 0.2) is 100 Å². The summed E-state index contributed by atoms with van der Waals surface area (Å²) in [7, 11) is 2.70. The van der Waals surface area contributed by atoms with Crippen molar-refractivity contribution in [2.75, 3.05) is 46.3 Å². The van der Waals surface area contributed by atoms with Gasteiger partial charge in [0, 0.05) is 36.6 Å². The number of carbonyl (C=O) groups excluding carboxylic acids is 2. The summed E-state index contributed by atoms with van der Waals surface area (Å²) in [6.45, 7) is -0.657. The lowest BCUT2D eigenvalue weighted by Crippen LogP contribution is -2.53. The van der Waals surface area contributed by atoms with E-state index in [1.807, 2.05) is 54.6 Å². The smallest absolute Gasteiger partial charge is 0.265 e. The van der Waals surface area contributed by atoms with E-state index in [0.29, 0.717) is 11.5 Å². The minimum atomic E-state index is -4.48. The average molecular weight is 741 g/mol. The highest BCUT2D eigenvalue weighted by Gasteiger charge is 2.36. The Bertz CT molecular complexity index is 1820. The molecule has 0 aliphatic rings. The van der Waals surface area contributed by atoms with Gasteiger partial charge in [-0.3, -0.25) is 13.9 Å². The SMILES string of the molecule is CNC(=O)[C@@H](Cc1ccccc1)N(Cc1ccc(Br)cc1)C(=O)CN(c1cc(OC)ccc1OC)S(=O)(=O)c1ccc(OC)c(OC)c1. The number of nitrogens with one attached hydrogen (secondary N) is 1. The molecule has 0 saturated heterocycles. The number of ether oxygens (including phenoxy) is 4. The molecule has 0 fully saturated rings. The number of methoxy groups -OCH3 is 4. The first-order chi connectivity index (χ1) is 23.1. The van der Waals surface area contributed by atoms with E-state index in [4.69, 9.17) is 18.9 Å². The van der Waals surface area contributed by atoms with Crippen LogP contribution >= 0.6 is 15.9 Å². The summed E-state index contributed by atoms with van der Waals surface area (Å²) in [5.74, 6) is -0.00658. The molecule has 4 rings (SSSR count). The highest BCUT2D eigenvalue weighted by atomic mass is 79.9. The maximum absolute atomic E-state index is 14.6. The van der Waals surface area contributed by atoms with Crippen molar-refractivity contribution in [3.8, 4) is 23.0 Å². The number of likely N-dealkylation sites (N-methyl/N-ethyl adjacent to an activating group) is 1. The second-order valence-electron chi connectivity index (χ2n) is 10.5. The molecule has 0 heterocycles. The summed E-state index contributed by atoms with van der Waals surface area (Å²) in [5.41, 5.74) is 1.62. The normalized spacial score (nSPS) is 11.6. The Morgan fingerprint density at radius 1 is 0.771 bits per heavy atom. The van der Waals surface area contributed by atoms with Crippen LogP contribution in [-0.4, -0.2) is 73.2 Å². The highest BCUT2D eigenvalue weighted by Crippen LogP contribution is 2.38. The van der Waals surface area contributed by atoms with Crippen LogP contribution in [0.25, 0.3) is 0 Å². The number of anilines is 1. The van der Waals surface area contributed by atoms with Crippen molar-refractivity contribution in [2.24, 2.45) is 0 Å². The predicted octanol–water partition coefficient (Wildman–Crippen LogP) is 5.06. The third-order valence-corrected chi connectivity index (χ3v) is 9.94. The van der Waals surface area contributed by atoms with Gasteiger partial charge >= 0.3 is 0 Å². The zero-order chi connectivity index (χ0) is 34.8. The van der Waals surface area contributed by atoms with Gasteiger partial charge in [-0.2, -0.15) is 0 Å². The first-order valence-electron chi connectivity index (χ1n) is 14.8. The van der Waals surface area contributed by atoms with Gasteiger partial charge in [0.1, 0.15) is 24.1 Å². The lowest BCUT2D eigenvalue weighted by atomic mass is 10.0. The quantitative estimate of drug-likeness (QED) is 0.180. The number of benzene rings is 4. The molecular weight excluding hydrogens is 702 g/mol. The van der Waals surface area contributed by atoms with Gasteiger partial charge in [0.05, 0.1) is 39.0 Å². The van der Waals surface area contributed by atoms with E-state index in [1.54, 1.807) is 12.1 Å². The molecular formula is C35H38BrN3O8S. The van der Waals surface area contributed by atoms with Crippen molar-refractivity contribution < 1.29 is 37.0 Å². The lowest BCUT2D eigenvalue weighted by Gasteiger charge is -2.34. The summed E-state index contributed by atoms with van der Waals surface area (Å²) in [6, 6.07) is 24.4. The Hall–Kier alpha value is -4.75. The third kappa shape index (κ3) is 8.39. The average Bonchev–Trinajstić information content (AvgIpc) is 3.12. The number of sulfonamides is 1. The van der Waals surface area contributed by atoms with Crippen molar-refractivity contribution in [1.82, 2.24) is 10.2 Å². The van der Waals surface area contributed by atoms with Gasteiger partial charge in [-0.15, -0.1) is 0 Å². The first kappa shape index (κ1) is 36.1. The van der Waals surface area contributed by atoms with Crippen LogP contribution in [0.4, 0.5) is 5.69 Å². The van der Waals surface area contributed by atoms with Crippen LogP contribution in [0.5, 0.6) is 23.0 Å². The number of hydrogen-bond acceptors (Lipinski definition) is 8. The minimum absolute atomic E-state index is 0.0243. The van der Waals surface area contributed by atoms with E-state index in [1.165, 1.54) is 64.7 Å². The van der Waals surface area contributed by atoms with E-state index in [2.05, 4.69) is 21.2 Å². The van der Waals surface area contributed by atoms with E-state index in [9.17, 15) is 18.0 Å². The first-order valence-corrected chi connectivity index (χ1v) is 17.1. The Kier molecular flexibility index (Phi) is 12.3. The van der Waals surface area contributed by atoms with Gasteiger partial charge in [0.2, 0.25) is 11.8 Å². The van der Waals surface area contributed by atoms with Gasteiger partial charge in [-0.05, 0) is 47.5 Å². The Morgan fingerprint density at radius 3 is 2.02 bits per heavy atom. The number of carbonyl (C=O) groups is 2. The Labute approximate surface area is 289 Å². The third-order valence-electron chi connectivity index (χ3n) is 7.66. The van der Waals surface area contributed by atoms with Gasteiger partial charge < -0.3 is 29.2 Å².